The zero-order valence-corrected chi connectivity index (χ0v) is 18.4. The predicted octanol–water partition coefficient (Wildman–Crippen LogP) is 3.80. The second-order valence-corrected chi connectivity index (χ2v) is 9.16. The van der Waals surface area contributed by atoms with Crippen LogP contribution in [0, 0.1) is 0 Å². The summed E-state index contributed by atoms with van der Waals surface area (Å²) in [4.78, 5) is 12.5. The van der Waals surface area contributed by atoms with Gasteiger partial charge < -0.3 is 19.9 Å². The van der Waals surface area contributed by atoms with Crippen molar-refractivity contribution in [3.63, 3.8) is 0 Å². The quantitative estimate of drug-likeness (QED) is 0.468. The van der Waals surface area contributed by atoms with E-state index in [0.29, 0.717) is 22.9 Å². The molecule has 1 aliphatic rings. The van der Waals surface area contributed by atoms with E-state index < -0.39 is 22.0 Å². The van der Waals surface area contributed by atoms with Crippen molar-refractivity contribution in [2.75, 3.05) is 17.1 Å². The number of para-hydroxylation sites is 2. The number of nitrogens with one attached hydrogen (secondary N) is 2. The van der Waals surface area contributed by atoms with Gasteiger partial charge in [0, 0.05) is 11.4 Å². The highest BCUT2D eigenvalue weighted by Gasteiger charge is 2.30. The standard InChI is InChI=1S/C22H19ClN2O6S/c1-30-20-5-3-2-4-16(20)25-32(28,29)15-7-8-18(26)17(12-15)24-22(27)21-11-13-10-14(23)6-9-19(13)31-21/h2-10,12,21,25-26H,11H2,1H3,(H,24,27)/t21-/m1/s1. The molecule has 1 atom stereocenters. The Bertz CT molecular complexity index is 1300. The molecular formula is C22H19ClN2O6S. The molecule has 0 aromatic heterocycles. The predicted molar refractivity (Wildman–Crippen MR) is 120 cm³/mol. The first-order valence-electron chi connectivity index (χ1n) is 9.51. The lowest BCUT2D eigenvalue weighted by Gasteiger charge is -2.15. The Morgan fingerprint density at radius 2 is 1.91 bits per heavy atom. The van der Waals surface area contributed by atoms with Crippen molar-refractivity contribution < 1.29 is 27.8 Å². The van der Waals surface area contributed by atoms with E-state index in [1.165, 1.54) is 25.3 Å². The van der Waals surface area contributed by atoms with Gasteiger partial charge in [0.2, 0.25) is 0 Å². The monoisotopic (exact) mass is 474 g/mol. The lowest BCUT2D eigenvalue weighted by atomic mass is 10.1. The average molecular weight is 475 g/mol. The molecule has 166 valence electrons. The molecule has 0 bridgehead atoms. The number of phenols is 1. The summed E-state index contributed by atoms with van der Waals surface area (Å²) in [6.07, 6.45) is -0.537. The Morgan fingerprint density at radius 3 is 2.69 bits per heavy atom. The summed E-state index contributed by atoms with van der Waals surface area (Å²) in [7, 11) is -2.60. The number of carbonyl (C=O) groups excluding carboxylic acids is 1. The maximum absolute atomic E-state index is 12.9. The molecule has 0 fully saturated rings. The summed E-state index contributed by atoms with van der Waals surface area (Å²) in [5.74, 6) is 0.0885. The summed E-state index contributed by atoms with van der Waals surface area (Å²) in [5.41, 5.74) is 0.985. The Labute approximate surface area is 189 Å². The van der Waals surface area contributed by atoms with Crippen LogP contribution in [0.2, 0.25) is 5.02 Å². The van der Waals surface area contributed by atoms with Gasteiger partial charge in [0.1, 0.15) is 17.2 Å². The molecule has 1 heterocycles. The second kappa shape index (κ2) is 8.60. The summed E-state index contributed by atoms with van der Waals surface area (Å²) < 4.78 is 39.0. The number of phenolic OH excluding ortho intramolecular Hbond substituents is 1. The number of carbonyl (C=O) groups is 1. The summed E-state index contributed by atoms with van der Waals surface area (Å²) in [6, 6.07) is 15.2. The molecule has 0 spiro atoms. The first-order chi connectivity index (χ1) is 15.3. The maximum atomic E-state index is 12.9. The normalized spacial score (nSPS) is 14.9. The van der Waals surface area contributed by atoms with Gasteiger partial charge in [-0.1, -0.05) is 23.7 Å². The largest absolute Gasteiger partial charge is 0.506 e. The van der Waals surface area contributed by atoms with Crippen LogP contribution in [0.1, 0.15) is 5.56 Å². The molecule has 0 aliphatic carbocycles. The second-order valence-electron chi connectivity index (χ2n) is 7.04. The number of rotatable bonds is 6. The van der Waals surface area contributed by atoms with Gasteiger partial charge in [0.05, 0.1) is 23.4 Å². The highest BCUT2D eigenvalue weighted by atomic mass is 35.5. The Morgan fingerprint density at radius 1 is 1.12 bits per heavy atom. The van der Waals surface area contributed by atoms with E-state index in [-0.39, 0.29) is 22.0 Å². The molecule has 0 saturated heterocycles. The van der Waals surface area contributed by atoms with Crippen LogP contribution in [0.5, 0.6) is 17.2 Å². The summed E-state index contributed by atoms with van der Waals surface area (Å²) >= 11 is 5.98. The van der Waals surface area contributed by atoms with E-state index in [2.05, 4.69) is 10.0 Å². The van der Waals surface area contributed by atoms with E-state index in [4.69, 9.17) is 21.1 Å². The van der Waals surface area contributed by atoms with Gasteiger partial charge in [0.25, 0.3) is 15.9 Å². The third-order valence-electron chi connectivity index (χ3n) is 4.88. The third kappa shape index (κ3) is 4.44. The fraction of sp³-hybridized carbons (Fsp3) is 0.136. The number of methoxy groups -OCH3 is 1. The molecule has 0 radical (unpaired) electrons. The molecule has 3 aromatic rings. The highest BCUT2D eigenvalue weighted by molar-refractivity contribution is 7.92. The minimum Gasteiger partial charge on any atom is -0.506 e. The van der Waals surface area contributed by atoms with E-state index in [9.17, 15) is 18.3 Å². The van der Waals surface area contributed by atoms with Gasteiger partial charge in [-0.05, 0) is 54.1 Å². The molecule has 8 nitrogen and oxygen atoms in total. The van der Waals surface area contributed by atoms with Crippen molar-refractivity contribution in [2.24, 2.45) is 0 Å². The van der Waals surface area contributed by atoms with Crippen LogP contribution in [0.4, 0.5) is 11.4 Å². The Hall–Kier alpha value is -3.43. The van der Waals surface area contributed by atoms with Gasteiger partial charge in [-0.3, -0.25) is 9.52 Å². The molecule has 1 aliphatic heterocycles. The summed E-state index contributed by atoms with van der Waals surface area (Å²) in [5, 5.41) is 13.2. The van der Waals surface area contributed by atoms with Crippen molar-refractivity contribution in [3.05, 3.63) is 71.2 Å². The van der Waals surface area contributed by atoms with Crippen molar-refractivity contribution in [2.45, 2.75) is 17.4 Å². The molecule has 10 heteroatoms. The van der Waals surface area contributed by atoms with Crippen molar-refractivity contribution in [1.82, 2.24) is 0 Å². The van der Waals surface area contributed by atoms with Gasteiger partial charge in [-0.25, -0.2) is 8.42 Å². The van der Waals surface area contributed by atoms with Crippen LogP contribution < -0.4 is 19.5 Å². The van der Waals surface area contributed by atoms with Gasteiger partial charge in [-0.2, -0.15) is 0 Å². The molecule has 1 amide bonds. The van der Waals surface area contributed by atoms with Crippen LogP contribution >= 0.6 is 11.6 Å². The lowest BCUT2D eigenvalue weighted by molar-refractivity contribution is -0.122. The van der Waals surface area contributed by atoms with Crippen LogP contribution in [0.3, 0.4) is 0 Å². The van der Waals surface area contributed by atoms with Crippen molar-refractivity contribution in [1.29, 1.82) is 0 Å². The molecule has 3 aromatic carbocycles. The number of benzene rings is 3. The smallest absolute Gasteiger partial charge is 0.265 e. The first-order valence-corrected chi connectivity index (χ1v) is 11.4. The number of sulfonamides is 1. The average Bonchev–Trinajstić information content (AvgIpc) is 3.18. The third-order valence-corrected chi connectivity index (χ3v) is 6.48. The highest BCUT2D eigenvalue weighted by Crippen LogP contribution is 2.33. The van der Waals surface area contributed by atoms with E-state index in [1.54, 1.807) is 42.5 Å². The van der Waals surface area contributed by atoms with Crippen LogP contribution in [0.15, 0.2) is 65.6 Å². The van der Waals surface area contributed by atoms with Crippen LogP contribution in [-0.4, -0.2) is 32.6 Å². The number of ether oxygens (including phenoxy) is 2. The van der Waals surface area contributed by atoms with Crippen molar-refractivity contribution >= 4 is 38.9 Å². The number of anilines is 2. The molecule has 0 unspecified atom stereocenters. The van der Waals surface area contributed by atoms with Crippen LogP contribution in [0.25, 0.3) is 0 Å². The fourth-order valence-electron chi connectivity index (χ4n) is 3.29. The van der Waals surface area contributed by atoms with Gasteiger partial charge >= 0.3 is 0 Å². The van der Waals surface area contributed by atoms with Crippen molar-refractivity contribution in [3.8, 4) is 17.2 Å². The van der Waals surface area contributed by atoms with E-state index in [1.807, 2.05) is 0 Å². The number of hydrogen-bond donors (Lipinski definition) is 3. The van der Waals surface area contributed by atoms with Gasteiger partial charge in [-0.15, -0.1) is 0 Å². The molecule has 0 saturated carbocycles. The number of halogens is 1. The fourth-order valence-corrected chi connectivity index (χ4v) is 4.58. The number of aromatic hydroxyl groups is 1. The minimum atomic E-state index is -4.03. The van der Waals surface area contributed by atoms with Crippen LogP contribution in [-0.2, 0) is 21.2 Å². The number of hydrogen-bond acceptors (Lipinski definition) is 6. The maximum Gasteiger partial charge on any atom is 0.265 e. The van der Waals surface area contributed by atoms with E-state index in [0.717, 1.165) is 5.56 Å². The summed E-state index contributed by atoms with van der Waals surface area (Å²) in [6.45, 7) is 0. The lowest BCUT2D eigenvalue weighted by Crippen LogP contribution is -2.31. The zero-order chi connectivity index (χ0) is 22.9. The first kappa shape index (κ1) is 21.8. The molecular weight excluding hydrogens is 456 g/mol. The van der Waals surface area contributed by atoms with E-state index >= 15 is 0 Å². The minimum absolute atomic E-state index is 0.0597. The SMILES string of the molecule is COc1ccccc1NS(=O)(=O)c1ccc(O)c(NC(=O)[C@H]2Cc3cc(Cl)ccc3O2)c1. The Kier molecular flexibility index (Phi) is 5.86. The molecule has 4 rings (SSSR count). The molecule has 3 N–H and O–H groups in total. The van der Waals surface area contributed by atoms with Gasteiger partial charge in [0.15, 0.2) is 6.10 Å². The number of amides is 1. The zero-order valence-electron chi connectivity index (χ0n) is 16.8. The Balaban J connectivity index is 1.53. The topological polar surface area (TPSA) is 114 Å². The molecule has 32 heavy (non-hydrogen) atoms. The number of fused-ring (bicyclic) bond motifs is 1.